The van der Waals surface area contributed by atoms with Crippen LogP contribution < -0.4 is 0 Å². The number of hydrogen-bond donors (Lipinski definition) is 0. The first kappa shape index (κ1) is 19.4. The predicted molar refractivity (Wildman–Crippen MR) is 89.6 cm³/mol. The Hall–Kier alpha value is -1.61. The summed E-state index contributed by atoms with van der Waals surface area (Å²) in [4.78, 5) is 29.7. The molecule has 0 aromatic rings. The molecule has 1 saturated carbocycles. The number of likely N-dealkylation sites (N-methyl/N-ethyl adjacent to an activating group) is 3. The van der Waals surface area contributed by atoms with Gasteiger partial charge in [0.15, 0.2) is 0 Å². The number of nitrogens with zero attached hydrogens (tertiary/aromatic N) is 4. The van der Waals surface area contributed by atoms with Crippen molar-refractivity contribution in [2.24, 2.45) is 0 Å². The maximum atomic E-state index is 12.5. The van der Waals surface area contributed by atoms with Crippen LogP contribution in [-0.2, 0) is 9.59 Å². The van der Waals surface area contributed by atoms with Crippen molar-refractivity contribution in [1.82, 2.24) is 14.7 Å². The summed E-state index contributed by atoms with van der Waals surface area (Å²) in [5, 5.41) is 9.56. The zero-order valence-corrected chi connectivity index (χ0v) is 15.0. The molecule has 6 heteroatoms. The van der Waals surface area contributed by atoms with Crippen LogP contribution in [0.1, 0.15) is 46.0 Å². The van der Waals surface area contributed by atoms with Gasteiger partial charge in [0.25, 0.3) is 0 Å². The van der Waals surface area contributed by atoms with Crippen molar-refractivity contribution in [1.29, 1.82) is 5.26 Å². The largest absolute Gasteiger partial charge is 0.342 e. The molecule has 0 radical (unpaired) electrons. The zero-order valence-electron chi connectivity index (χ0n) is 15.0. The Morgan fingerprint density at radius 1 is 1.00 bits per heavy atom. The molecule has 0 bridgehead atoms. The molecular formula is C17H30N4O2. The number of nitriles is 1. The fraction of sp³-hybridized carbons (Fsp3) is 0.824. The molecule has 0 N–H and O–H groups in total. The van der Waals surface area contributed by atoms with E-state index in [1.807, 2.05) is 13.8 Å². The van der Waals surface area contributed by atoms with Crippen LogP contribution in [0.15, 0.2) is 0 Å². The summed E-state index contributed by atoms with van der Waals surface area (Å²) in [6.07, 6.45) is 4.59. The summed E-state index contributed by atoms with van der Waals surface area (Å²) in [5.41, 5.74) is -0.668. The SMILES string of the molecule is CCN(CC)C(=O)CN(C)CC(=O)N(C)C1(C#N)CCCCC1. The molecule has 6 nitrogen and oxygen atoms in total. The molecule has 0 unspecified atom stereocenters. The highest BCUT2D eigenvalue weighted by atomic mass is 16.2. The van der Waals surface area contributed by atoms with Gasteiger partial charge in [-0.3, -0.25) is 14.5 Å². The van der Waals surface area contributed by atoms with Crippen LogP contribution in [0.4, 0.5) is 0 Å². The second-order valence-electron chi connectivity index (χ2n) is 6.40. The van der Waals surface area contributed by atoms with Gasteiger partial charge < -0.3 is 9.80 Å². The van der Waals surface area contributed by atoms with E-state index in [1.165, 1.54) is 0 Å². The predicted octanol–water partition coefficient (Wildman–Crippen LogP) is 1.47. The van der Waals surface area contributed by atoms with E-state index in [-0.39, 0.29) is 24.9 Å². The van der Waals surface area contributed by atoms with Crippen LogP contribution >= 0.6 is 0 Å². The highest BCUT2D eigenvalue weighted by Gasteiger charge is 2.38. The first-order valence-corrected chi connectivity index (χ1v) is 8.54. The Balaban J connectivity index is 2.60. The lowest BCUT2D eigenvalue weighted by atomic mass is 9.81. The van der Waals surface area contributed by atoms with Gasteiger partial charge in [0.2, 0.25) is 11.8 Å². The Labute approximate surface area is 140 Å². The molecule has 0 aromatic carbocycles. The summed E-state index contributed by atoms with van der Waals surface area (Å²) in [5.74, 6) is -0.0658. The van der Waals surface area contributed by atoms with E-state index < -0.39 is 5.54 Å². The van der Waals surface area contributed by atoms with Crippen LogP contribution in [0.3, 0.4) is 0 Å². The number of rotatable bonds is 7. The average molecular weight is 322 g/mol. The van der Waals surface area contributed by atoms with Crippen molar-refractivity contribution in [3.63, 3.8) is 0 Å². The minimum Gasteiger partial charge on any atom is -0.342 e. The normalized spacial score (nSPS) is 16.7. The summed E-state index contributed by atoms with van der Waals surface area (Å²) in [7, 11) is 3.49. The lowest BCUT2D eigenvalue weighted by molar-refractivity contribution is -0.137. The van der Waals surface area contributed by atoms with E-state index in [0.717, 1.165) is 32.1 Å². The van der Waals surface area contributed by atoms with E-state index in [9.17, 15) is 14.9 Å². The number of amides is 2. The van der Waals surface area contributed by atoms with E-state index in [2.05, 4.69) is 6.07 Å². The average Bonchev–Trinajstić information content (AvgIpc) is 2.55. The first-order valence-electron chi connectivity index (χ1n) is 8.54. The second-order valence-corrected chi connectivity index (χ2v) is 6.40. The van der Waals surface area contributed by atoms with Crippen LogP contribution in [-0.4, -0.2) is 72.3 Å². The third-order valence-corrected chi connectivity index (χ3v) is 4.83. The summed E-state index contributed by atoms with van der Waals surface area (Å²) in [6, 6.07) is 2.36. The molecular weight excluding hydrogens is 292 g/mol. The van der Waals surface area contributed by atoms with Crippen molar-refractivity contribution < 1.29 is 9.59 Å². The Bertz CT molecular complexity index is 448. The third-order valence-electron chi connectivity index (χ3n) is 4.83. The van der Waals surface area contributed by atoms with Crippen LogP contribution in [0.2, 0.25) is 0 Å². The fourth-order valence-corrected chi connectivity index (χ4v) is 3.20. The zero-order chi connectivity index (χ0) is 17.5. The Kier molecular flexibility index (Phi) is 7.50. The van der Waals surface area contributed by atoms with Gasteiger partial charge in [0.05, 0.1) is 19.2 Å². The maximum Gasteiger partial charge on any atom is 0.237 e. The molecule has 0 aliphatic heterocycles. The lowest BCUT2D eigenvalue weighted by Crippen LogP contribution is -2.53. The molecule has 130 valence electrons. The van der Waals surface area contributed by atoms with E-state index in [1.54, 1.807) is 28.8 Å². The van der Waals surface area contributed by atoms with Gasteiger partial charge in [-0.15, -0.1) is 0 Å². The summed E-state index contributed by atoms with van der Waals surface area (Å²) < 4.78 is 0. The standard InChI is InChI=1S/C17H30N4O2/c1-5-21(6-2)16(23)13-19(3)12-15(22)20(4)17(14-18)10-8-7-9-11-17/h5-13H2,1-4H3. The number of hydrogen-bond acceptors (Lipinski definition) is 4. The molecule has 23 heavy (non-hydrogen) atoms. The van der Waals surface area contributed by atoms with Crippen LogP contribution in [0, 0.1) is 11.3 Å². The number of carbonyl (C=O) groups is 2. The maximum absolute atomic E-state index is 12.5. The van der Waals surface area contributed by atoms with Crippen LogP contribution in [0.25, 0.3) is 0 Å². The quantitative estimate of drug-likeness (QED) is 0.712. The van der Waals surface area contributed by atoms with Crippen molar-refractivity contribution in [3.8, 4) is 6.07 Å². The molecule has 0 heterocycles. The van der Waals surface area contributed by atoms with E-state index in [4.69, 9.17) is 0 Å². The van der Waals surface area contributed by atoms with E-state index >= 15 is 0 Å². The van der Waals surface area contributed by atoms with Crippen molar-refractivity contribution in [2.75, 3.05) is 40.3 Å². The molecule has 1 aliphatic rings. The second kappa shape index (κ2) is 8.88. The van der Waals surface area contributed by atoms with Crippen molar-refractivity contribution in [2.45, 2.75) is 51.5 Å². The summed E-state index contributed by atoms with van der Waals surface area (Å²) >= 11 is 0. The smallest absolute Gasteiger partial charge is 0.237 e. The van der Waals surface area contributed by atoms with Crippen LogP contribution in [0.5, 0.6) is 0 Å². The molecule has 0 aromatic heterocycles. The molecule has 0 spiro atoms. The van der Waals surface area contributed by atoms with Crippen molar-refractivity contribution in [3.05, 3.63) is 0 Å². The number of carbonyl (C=O) groups excluding carboxylic acids is 2. The molecule has 1 fully saturated rings. The highest BCUT2D eigenvalue weighted by molar-refractivity contribution is 5.81. The summed E-state index contributed by atoms with van der Waals surface area (Å²) in [6.45, 7) is 5.62. The van der Waals surface area contributed by atoms with Gasteiger partial charge in [-0.2, -0.15) is 5.26 Å². The monoisotopic (exact) mass is 322 g/mol. The third kappa shape index (κ3) is 4.93. The Morgan fingerprint density at radius 2 is 1.52 bits per heavy atom. The Morgan fingerprint density at radius 3 is 2.00 bits per heavy atom. The van der Waals surface area contributed by atoms with Gasteiger partial charge in [-0.1, -0.05) is 19.3 Å². The molecule has 1 rings (SSSR count). The molecule has 0 saturated heterocycles. The first-order chi connectivity index (χ1) is 10.9. The fourth-order valence-electron chi connectivity index (χ4n) is 3.20. The lowest BCUT2D eigenvalue weighted by Gasteiger charge is -2.39. The van der Waals surface area contributed by atoms with Gasteiger partial charge in [0, 0.05) is 20.1 Å². The van der Waals surface area contributed by atoms with Gasteiger partial charge >= 0.3 is 0 Å². The molecule has 0 atom stereocenters. The van der Waals surface area contributed by atoms with Crippen molar-refractivity contribution >= 4 is 11.8 Å². The highest BCUT2D eigenvalue weighted by Crippen LogP contribution is 2.32. The molecule has 2 amide bonds. The van der Waals surface area contributed by atoms with E-state index in [0.29, 0.717) is 13.1 Å². The topological polar surface area (TPSA) is 67.7 Å². The van der Waals surface area contributed by atoms with Gasteiger partial charge in [0.1, 0.15) is 5.54 Å². The van der Waals surface area contributed by atoms with Gasteiger partial charge in [-0.25, -0.2) is 0 Å². The van der Waals surface area contributed by atoms with Gasteiger partial charge in [-0.05, 0) is 33.7 Å². The minimum atomic E-state index is -0.668. The minimum absolute atomic E-state index is 0.0283. The molecule has 1 aliphatic carbocycles.